The molecule has 21 heavy (non-hydrogen) atoms. The van der Waals surface area contributed by atoms with E-state index >= 15 is 0 Å². The molecule has 0 fully saturated rings. The van der Waals surface area contributed by atoms with Crippen LogP contribution in [0.25, 0.3) is 0 Å². The third-order valence-electron chi connectivity index (χ3n) is 3.45. The van der Waals surface area contributed by atoms with Crippen molar-refractivity contribution in [2.75, 3.05) is 0 Å². The SMILES string of the molecule is Cc1ccc(C(C)NCc2c(Cl)cccc2[N+](=O)[O-])cc1. The van der Waals surface area contributed by atoms with Crippen molar-refractivity contribution >= 4 is 17.3 Å². The Morgan fingerprint density at radius 2 is 1.90 bits per heavy atom. The summed E-state index contributed by atoms with van der Waals surface area (Å²) in [6, 6.07) is 13.0. The number of nitro groups is 1. The molecule has 5 heteroatoms. The van der Waals surface area contributed by atoms with E-state index in [-0.39, 0.29) is 11.7 Å². The molecule has 0 aliphatic carbocycles. The average molecular weight is 305 g/mol. The van der Waals surface area contributed by atoms with Crippen molar-refractivity contribution in [2.24, 2.45) is 0 Å². The highest BCUT2D eigenvalue weighted by Gasteiger charge is 2.17. The minimum Gasteiger partial charge on any atom is -0.306 e. The molecule has 1 atom stereocenters. The number of hydrogen-bond donors (Lipinski definition) is 1. The first-order chi connectivity index (χ1) is 9.99. The summed E-state index contributed by atoms with van der Waals surface area (Å²) >= 11 is 6.08. The van der Waals surface area contributed by atoms with Gasteiger partial charge in [0.05, 0.1) is 15.5 Å². The lowest BCUT2D eigenvalue weighted by molar-refractivity contribution is -0.385. The number of nitrogens with zero attached hydrogens (tertiary/aromatic N) is 1. The summed E-state index contributed by atoms with van der Waals surface area (Å²) in [5.41, 5.74) is 2.90. The van der Waals surface area contributed by atoms with Gasteiger partial charge in [0.15, 0.2) is 0 Å². The first kappa shape index (κ1) is 15.5. The molecule has 1 N–H and O–H groups in total. The Bertz CT molecular complexity index is 641. The molecule has 0 saturated heterocycles. The summed E-state index contributed by atoms with van der Waals surface area (Å²) in [5.74, 6) is 0. The molecule has 0 heterocycles. The summed E-state index contributed by atoms with van der Waals surface area (Å²) in [6.07, 6.45) is 0. The van der Waals surface area contributed by atoms with E-state index in [1.807, 2.05) is 38.1 Å². The summed E-state index contributed by atoms with van der Waals surface area (Å²) in [7, 11) is 0. The van der Waals surface area contributed by atoms with E-state index in [1.165, 1.54) is 11.6 Å². The second-order valence-corrected chi connectivity index (χ2v) is 5.42. The summed E-state index contributed by atoms with van der Waals surface area (Å²) in [6.45, 7) is 4.41. The van der Waals surface area contributed by atoms with E-state index in [4.69, 9.17) is 11.6 Å². The number of benzene rings is 2. The third-order valence-corrected chi connectivity index (χ3v) is 3.81. The fourth-order valence-electron chi connectivity index (χ4n) is 2.12. The number of rotatable bonds is 5. The topological polar surface area (TPSA) is 55.2 Å². The van der Waals surface area contributed by atoms with Crippen LogP contribution in [0.3, 0.4) is 0 Å². The highest BCUT2D eigenvalue weighted by atomic mass is 35.5. The number of nitro benzene ring substituents is 1. The molecule has 0 spiro atoms. The van der Waals surface area contributed by atoms with Gasteiger partial charge in [-0.05, 0) is 25.5 Å². The lowest BCUT2D eigenvalue weighted by atomic mass is 10.1. The van der Waals surface area contributed by atoms with Gasteiger partial charge < -0.3 is 5.32 Å². The van der Waals surface area contributed by atoms with Gasteiger partial charge in [0.25, 0.3) is 5.69 Å². The first-order valence-corrected chi connectivity index (χ1v) is 7.08. The monoisotopic (exact) mass is 304 g/mol. The lowest BCUT2D eigenvalue weighted by Crippen LogP contribution is -2.19. The van der Waals surface area contributed by atoms with E-state index in [0.717, 1.165) is 5.56 Å². The Morgan fingerprint density at radius 1 is 1.24 bits per heavy atom. The minimum atomic E-state index is -0.403. The van der Waals surface area contributed by atoms with Crippen LogP contribution in [0.2, 0.25) is 5.02 Å². The van der Waals surface area contributed by atoms with Crippen molar-refractivity contribution in [3.8, 4) is 0 Å². The number of aryl methyl sites for hydroxylation is 1. The molecule has 0 aliphatic heterocycles. The van der Waals surface area contributed by atoms with Crippen LogP contribution in [-0.2, 0) is 6.54 Å². The second kappa shape index (κ2) is 6.70. The molecule has 2 rings (SSSR count). The standard InChI is InChI=1S/C16H17ClN2O2/c1-11-6-8-13(9-7-11)12(2)18-10-14-15(17)4-3-5-16(14)19(20)21/h3-9,12,18H,10H2,1-2H3. The summed E-state index contributed by atoms with van der Waals surface area (Å²) in [4.78, 5) is 10.6. The van der Waals surface area contributed by atoms with Gasteiger partial charge in [-0.3, -0.25) is 10.1 Å². The fraction of sp³-hybridized carbons (Fsp3) is 0.250. The average Bonchev–Trinajstić information content (AvgIpc) is 2.46. The molecule has 0 bridgehead atoms. The molecule has 2 aromatic carbocycles. The Kier molecular flexibility index (Phi) is 4.94. The largest absolute Gasteiger partial charge is 0.306 e. The highest BCUT2D eigenvalue weighted by molar-refractivity contribution is 6.31. The maximum Gasteiger partial charge on any atom is 0.275 e. The van der Waals surface area contributed by atoms with E-state index in [9.17, 15) is 10.1 Å². The Balaban J connectivity index is 2.13. The van der Waals surface area contributed by atoms with Gasteiger partial charge in [0, 0.05) is 18.7 Å². The van der Waals surface area contributed by atoms with Crippen LogP contribution in [0.1, 0.15) is 29.7 Å². The van der Waals surface area contributed by atoms with E-state index in [2.05, 4.69) is 5.32 Å². The molecule has 0 aliphatic rings. The molecule has 2 aromatic rings. The molecule has 110 valence electrons. The summed E-state index contributed by atoms with van der Waals surface area (Å²) < 4.78 is 0. The van der Waals surface area contributed by atoms with Crippen molar-refractivity contribution < 1.29 is 4.92 Å². The zero-order valence-electron chi connectivity index (χ0n) is 12.0. The van der Waals surface area contributed by atoms with Gasteiger partial charge in [-0.2, -0.15) is 0 Å². The minimum absolute atomic E-state index is 0.0473. The van der Waals surface area contributed by atoms with Gasteiger partial charge >= 0.3 is 0 Å². The molecule has 1 unspecified atom stereocenters. The zero-order chi connectivity index (χ0) is 15.4. The molecule has 0 amide bonds. The molecule has 0 radical (unpaired) electrons. The zero-order valence-corrected chi connectivity index (χ0v) is 12.7. The quantitative estimate of drug-likeness (QED) is 0.657. The normalized spacial score (nSPS) is 12.1. The van der Waals surface area contributed by atoms with Crippen molar-refractivity contribution in [1.82, 2.24) is 5.32 Å². The van der Waals surface area contributed by atoms with Crippen LogP contribution in [0.4, 0.5) is 5.69 Å². The number of hydrogen-bond acceptors (Lipinski definition) is 3. The number of halogens is 1. The van der Waals surface area contributed by atoms with Crippen molar-refractivity contribution in [3.05, 3.63) is 74.3 Å². The van der Waals surface area contributed by atoms with Crippen LogP contribution in [0.5, 0.6) is 0 Å². The predicted octanol–water partition coefficient (Wildman–Crippen LogP) is 4.41. The Labute approximate surface area is 128 Å². The van der Waals surface area contributed by atoms with Gasteiger partial charge in [-0.25, -0.2) is 0 Å². The van der Waals surface area contributed by atoms with Gasteiger partial charge in [0.1, 0.15) is 0 Å². The lowest BCUT2D eigenvalue weighted by Gasteiger charge is -2.15. The Hall–Kier alpha value is -1.91. The maximum atomic E-state index is 11.0. The first-order valence-electron chi connectivity index (χ1n) is 6.70. The van der Waals surface area contributed by atoms with Gasteiger partial charge in [-0.1, -0.05) is 47.5 Å². The molecule has 4 nitrogen and oxygen atoms in total. The molecule has 0 saturated carbocycles. The second-order valence-electron chi connectivity index (χ2n) is 5.01. The molecular weight excluding hydrogens is 288 g/mol. The predicted molar refractivity (Wildman–Crippen MR) is 84.5 cm³/mol. The van der Waals surface area contributed by atoms with Crippen molar-refractivity contribution in [2.45, 2.75) is 26.4 Å². The maximum absolute atomic E-state index is 11.0. The van der Waals surface area contributed by atoms with Crippen LogP contribution in [-0.4, -0.2) is 4.92 Å². The van der Waals surface area contributed by atoms with E-state index in [1.54, 1.807) is 12.1 Å². The van der Waals surface area contributed by atoms with Gasteiger partial charge in [-0.15, -0.1) is 0 Å². The third kappa shape index (κ3) is 3.80. The molecular formula is C16H17ClN2O2. The van der Waals surface area contributed by atoms with Crippen LogP contribution in [0, 0.1) is 17.0 Å². The Morgan fingerprint density at radius 3 is 2.52 bits per heavy atom. The van der Waals surface area contributed by atoms with Gasteiger partial charge in [0.2, 0.25) is 0 Å². The van der Waals surface area contributed by atoms with Crippen LogP contribution >= 0.6 is 11.6 Å². The summed E-state index contributed by atoms with van der Waals surface area (Å²) in [5, 5.41) is 14.7. The number of nitrogens with one attached hydrogen (secondary N) is 1. The van der Waals surface area contributed by atoms with Crippen molar-refractivity contribution in [3.63, 3.8) is 0 Å². The van der Waals surface area contributed by atoms with E-state index < -0.39 is 4.92 Å². The van der Waals surface area contributed by atoms with Crippen molar-refractivity contribution in [1.29, 1.82) is 0 Å². The molecule has 0 aromatic heterocycles. The highest BCUT2D eigenvalue weighted by Crippen LogP contribution is 2.26. The fourth-order valence-corrected chi connectivity index (χ4v) is 2.36. The smallest absolute Gasteiger partial charge is 0.275 e. The van der Waals surface area contributed by atoms with E-state index in [0.29, 0.717) is 17.1 Å². The van der Waals surface area contributed by atoms with Crippen LogP contribution in [0.15, 0.2) is 42.5 Å². The van der Waals surface area contributed by atoms with Crippen LogP contribution < -0.4 is 5.32 Å².